The van der Waals surface area contributed by atoms with Gasteiger partial charge in [-0.1, -0.05) is 18.2 Å². The van der Waals surface area contributed by atoms with E-state index in [4.69, 9.17) is 5.26 Å². The number of nitrogens with one attached hydrogen (secondary N) is 2. The summed E-state index contributed by atoms with van der Waals surface area (Å²) < 4.78 is 26.5. The number of benzene rings is 2. The second-order valence-corrected chi connectivity index (χ2v) is 8.68. The summed E-state index contributed by atoms with van der Waals surface area (Å²) in [6.45, 7) is 0. The zero-order valence-corrected chi connectivity index (χ0v) is 16.6. The summed E-state index contributed by atoms with van der Waals surface area (Å²) in [6.07, 6.45) is 0. The molecule has 2 amide bonds. The first kappa shape index (κ1) is 20.3. The molecule has 2 aromatic carbocycles. The first-order valence-electron chi connectivity index (χ1n) is 8.35. The topological polar surface area (TPSA) is 116 Å². The van der Waals surface area contributed by atoms with Gasteiger partial charge in [0.05, 0.1) is 22.3 Å². The maximum Gasteiger partial charge on any atom is 0.265 e. The number of nitriles is 1. The van der Waals surface area contributed by atoms with E-state index in [-0.39, 0.29) is 17.2 Å². The molecule has 3 aromatic rings. The fourth-order valence-corrected chi connectivity index (χ4v) is 4.16. The third-order valence-electron chi connectivity index (χ3n) is 3.84. The first-order chi connectivity index (χ1) is 13.9. The lowest BCUT2D eigenvalue weighted by Gasteiger charge is -2.08. The van der Waals surface area contributed by atoms with Crippen molar-refractivity contribution in [1.82, 2.24) is 4.72 Å². The summed E-state index contributed by atoms with van der Waals surface area (Å²) in [5, 5.41) is 13.3. The highest BCUT2D eigenvalue weighted by Gasteiger charge is 2.17. The molecule has 0 bridgehead atoms. The molecule has 0 aliphatic heterocycles. The lowest BCUT2D eigenvalue weighted by molar-refractivity contribution is 0.0980. The Hall–Kier alpha value is -3.48. The van der Waals surface area contributed by atoms with Crippen LogP contribution >= 0.6 is 11.3 Å². The smallest absolute Gasteiger partial charge is 0.265 e. The minimum atomic E-state index is -3.91. The third-order valence-corrected chi connectivity index (χ3v) is 5.92. The molecule has 0 aliphatic rings. The lowest BCUT2D eigenvalue weighted by atomic mass is 10.2. The highest BCUT2D eigenvalue weighted by Crippen LogP contribution is 2.15. The zero-order valence-electron chi connectivity index (χ0n) is 15.0. The van der Waals surface area contributed by atoms with Crippen LogP contribution in [0.3, 0.4) is 0 Å². The molecule has 0 saturated heterocycles. The van der Waals surface area contributed by atoms with Crippen LogP contribution in [-0.4, -0.2) is 20.2 Å². The van der Waals surface area contributed by atoms with Crippen molar-refractivity contribution in [2.45, 2.75) is 5.75 Å². The van der Waals surface area contributed by atoms with Crippen LogP contribution in [0.4, 0.5) is 5.69 Å². The number of hydrogen-bond donors (Lipinski definition) is 2. The molecule has 0 atom stereocenters. The van der Waals surface area contributed by atoms with Crippen molar-refractivity contribution in [3.05, 3.63) is 87.6 Å². The summed E-state index contributed by atoms with van der Waals surface area (Å²) >= 11 is 1.31. The van der Waals surface area contributed by atoms with Gasteiger partial charge in [0.1, 0.15) is 0 Å². The van der Waals surface area contributed by atoms with Gasteiger partial charge in [0.15, 0.2) is 0 Å². The summed E-state index contributed by atoms with van der Waals surface area (Å²) in [5.74, 6) is -1.42. The number of thiophene rings is 1. The fraction of sp³-hybridized carbons (Fsp3) is 0.0500. The van der Waals surface area contributed by atoms with Crippen molar-refractivity contribution < 1.29 is 18.0 Å². The molecule has 0 radical (unpaired) electrons. The van der Waals surface area contributed by atoms with E-state index in [9.17, 15) is 18.0 Å². The highest BCUT2D eigenvalue weighted by molar-refractivity contribution is 7.89. The fourth-order valence-electron chi connectivity index (χ4n) is 2.44. The second kappa shape index (κ2) is 8.68. The molecule has 1 heterocycles. The molecule has 0 aliphatic carbocycles. The van der Waals surface area contributed by atoms with Gasteiger partial charge in [0.25, 0.3) is 11.8 Å². The molecule has 0 unspecified atom stereocenters. The minimum absolute atomic E-state index is 0.141. The lowest BCUT2D eigenvalue weighted by Crippen LogP contribution is -2.31. The number of anilines is 1. The Labute approximate surface area is 171 Å². The van der Waals surface area contributed by atoms with Crippen molar-refractivity contribution in [3.8, 4) is 6.07 Å². The standard InChI is InChI=1S/C20H15N3O4S2/c21-12-14-3-5-15(6-4-14)13-29(26,27)23-19(24)16-7-9-17(10-8-16)22-20(25)18-2-1-11-28-18/h1-11H,13H2,(H,22,25)(H,23,24). The van der Waals surface area contributed by atoms with Crippen LogP contribution in [0.15, 0.2) is 66.0 Å². The van der Waals surface area contributed by atoms with Crippen molar-refractivity contribution in [3.63, 3.8) is 0 Å². The first-order valence-corrected chi connectivity index (χ1v) is 10.9. The quantitative estimate of drug-likeness (QED) is 0.629. The van der Waals surface area contributed by atoms with E-state index in [1.165, 1.54) is 59.9 Å². The van der Waals surface area contributed by atoms with Crippen molar-refractivity contribution in [2.24, 2.45) is 0 Å². The van der Waals surface area contributed by atoms with Gasteiger partial charge in [-0.25, -0.2) is 13.1 Å². The number of carbonyl (C=O) groups excluding carboxylic acids is 2. The van der Waals surface area contributed by atoms with Gasteiger partial charge < -0.3 is 5.32 Å². The van der Waals surface area contributed by atoms with Crippen LogP contribution < -0.4 is 10.0 Å². The zero-order chi connectivity index (χ0) is 20.9. The summed E-state index contributed by atoms with van der Waals surface area (Å²) in [4.78, 5) is 24.8. The molecule has 0 fully saturated rings. The maximum absolute atomic E-state index is 12.3. The van der Waals surface area contributed by atoms with Gasteiger partial charge in [0.2, 0.25) is 10.0 Å². The van der Waals surface area contributed by atoms with Gasteiger partial charge in [-0.2, -0.15) is 5.26 Å². The van der Waals surface area contributed by atoms with Crippen molar-refractivity contribution in [1.29, 1.82) is 5.26 Å². The third kappa shape index (κ3) is 5.51. The molecule has 0 spiro atoms. The molecular weight excluding hydrogens is 410 g/mol. The Bertz CT molecular complexity index is 1160. The minimum Gasteiger partial charge on any atom is -0.321 e. The summed E-state index contributed by atoms with van der Waals surface area (Å²) in [7, 11) is -3.91. The van der Waals surface area contributed by atoms with Gasteiger partial charge in [-0.15, -0.1) is 11.3 Å². The number of carbonyl (C=O) groups is 2. The molecular formula is C20H15N3O4S2. The molecule has 2 N–H and O–H groups in total. The monoisotopic (exact) mass is 425 g/mol. The molecule has 29 heavy (non-hydrogen) atoms. The van der Waals surface area contributed by atoms with Crippen LogP contribution in [0.25, 0.3) is 0 Å². The van der Waals surface area contributed by atoms with E-state index >= 15 is 0 Å². The van der Waals surface area contributed by atoms with E-state index in [1.807, 2.05) is 10.8 Å². The van der Waals surface area contributed by atoms with Gasteiger partial charge >= 0.3 is 0 Å². The van der Waals surface area contributed by atoms with E-state index < -0.39 is 15.9 Å². The second-order valence-electron chi connectivity index (χ2n) is 6.01. The summed E-state index contributed by atoms with van der Waals surface area (Å²) in [6, 6.07) is 17.4. The van der Waals surface area contributed by atoms with E-state index in [0.29, 0.717) is 21.7 Å². The predicted octanol–water partition coefficient (Wildman–Crippen LogP) is 3.13. The molecule has 7 nitrogen and oxygen atoms in total. The number of sulfonamides is 1. The van der Waals surface area contributed by atoms with Gasteiger partial charge in [0, 0.05) is 11.3 Å². The van der Waals surface area contributed by atoms with Crippen LogP contribution in [-0.2, 0) is 15.8 Å². The average molecular weight is 425 g/mol. The number of amides is 2. The Kier molecular flexibility index (Phi) is 6.07. The largest absolute Gasteiger partial charge is 0.321 e. The van der Waals surface area contributed by atoms with Crippen molar-refractivity contribution >= 4 is 38.9 Å². The Morgan fingerprint density at radius 2 is 1.66 bits per heavy atom. The number of hydrogen-bond acceptors (Lipinski definition) is 6. The van der Waals surface area contributed by atoms with Gasteiger partial charge in [-0.3, -0.25) is 9.59 Å². The van der Waals surface area contributed by atoms with Crippen LogP contribution in [0, 0.1) is 11.3 Å². The Morgan fingerprint density at radius 3 is 2.24 bits per heavy atom. The van der Waals surface area contributed by atoms with E-state index in [0.717, 1.165) is 0 Å². The SMILES string of the molecule is N#Cc1ccc(CS(=O)(=O)NC(=O)c2ccc(NC(=O)c3cccs3)cc2)cc1. The Balaban J connectivity index is 1.62. The normalized spacial score (nSPS) is 10.7. The van der Waals surface area contributed by atoms with Crippen LogP contribution in [0.1, 0.15) is 31.2 Å². The predicted molar refractivity (Wildman–Crippen MR) is 110 cm³/mol. The molecule has 1 aromatic heterocycles. The van der Waals surface area contributed by atoms with Crippen LogP contribution in [0.5, 0.6) is 0 Å². The highest BCUT2D eigenvalue weighted by atomic mass is 32.2. The summed E-state index contributed by atoms with van der Waals surface area (Å²) in [5.41, 5.74) is 1.50. The number of nitrogens with zero attached hydrogens (tertiary/aromatic N) is 1. The Morgan fingerprint density at radius 1 is 0.966 bits per heavy atom. The van der Waals surface area contributed by atoms with E-state index in [2.05, 4.69) is 5.32 Å². The van der Waals surface area contributed by atoms with Crippen LogP contribution in [0.2, 0.25) is 0 Å². The average Bonchev–Trinajstić information content (AvgIpc) is 3.23. The molecule has 0 saturated carbocycles. The van der Waals surface area contributed by atoms with Gasteiger partial charge in [-0.05, 0) is 53.4 Å². The molecule has 3 rings (SSSR count). The molecule has 9 heteroatoms. The molecule has 146 valence electrons. The number of rotatable bonds is 6. The van der Waals surface area contributed by atoms with Crippen molar-refractivity contribution in [2.75, 3.05) is 5.32 Å². The maximum atomic E-state index is 12.3. The van der Waals surface area contributed by atoms with E-state index in [1.54, 1.807) is 17.5 Å².